The summed E-state index contributed by atoms with van der Waals surface area (Å²) in [5.41, 5.74) is 0.968. The number of ether oxygens (including phenoxy) is 1. The van der Waals surface area contributed by atoms with Crippen LogP contribution in [-0.2, 0) is 10.3 Å². The van der Waals surface area contributed by atoms with Crippen molar-refractivity contribution < 1.29 is 4.74 Å². The van der Waals surface area contributed by atoms with E-state index in [1.807, 2.05) is 30.3 Å². The van der Waals surface area contributed by atoms with Crippen molar-refractivity contribution in [1.82, 2.24) is 5.32 Å². The lowest BCUT2D eigenvalue weighted by Gasteiger charge is -2.17. The zero-order chi connectivity index (χ0) is 18.0. The average molecular weight is 415 g/mol. The zero-order valence-corrected chi connectivity index (χ0v) is 16.0. The third-order valence-electron chi connectivity index (χ3n) is 3.97. The molecule has 0 aliphatic carbocycles. The second-order valence-electron chi connectivity index (χ2n) is 5.47. The number of rotatable bonds is 5. The van der Waals surface area contributed by atoms with Crippen LogP contribution in [0.3, 0.4) is 0 Å². The topological polar surface area (TPSA) is 60.8 Å². The molecule has 4 nitrogen and oxygen atoms in total. The molecule has 0 unspecified atom stereocenters. The smallest absolute Gasteiger partial charge is 0.159 e. The number of nitrogens with one attached hydrogen (secondary N) is 2. The van der Waals surface area contributed by atoms with E-state index in [4.69, 9.17) is 44.9 Å². The van der Waals surface area contributed by atoms with E-state index in [-0.39, 0.29) is 6.10 Å². The SMILES string of the molecule is N=C/N=C(/S)NC[C@]1(c2ccccc2Cl)O[C@@H]1c1ccc(Cl)cc1Cl. The fourth-order valence-corrected chi connectivity index (χ4v) is 3.70. The minimum atomic E-state index is -0.707. The molecule has 2 aromatic carbocycles. The Bertz CT molecular complexity index is 846. The Hall–Kier alpha value is -1.24. The van der Waals surface area contributed by atoms with E-state index >= 15 is 0 Å². The lowest BCUT2D eigenvalue weighted by atomic mass is 9.91. The van der Waals surface area contributed by atoms with Crippen molar-refractivity contribution >= 4 is 58.9 Å². The Morgan fingerprint density at radius 2 is 2.00 bits per heavy atom. The molecule has 1 saturated heterocycles. The van der Waals surface area contributed by atoms with Gasteiger partial charge in [-0.05, 0) is 18.2 Å². The molecule has 2 atom stereocenters. The fourth-order valence-electron chi connectivity index (χ4n) is 2.76. The maximum atomic E-state index is 7.02. The van der Waals surface area contributed by atoms with Crippen molar-refractivity contribution in [2.24, 2.45) is 4.99 Å². The van der Waals surface area contributed by atoms with Crippen LogP contribution in [0.5, 0.6) is 0 Å². The summed E-state index contributed by atoms with van der Waals surface area (Å²) in [5.74, 6) is 0. The Balaban J connectivity index is 1.96. The first-order valence-corrected chi connectivity index (χ1v) is 8.93. The summed E-state index contributed by atoms with van der Waals surface area (Å²) in [6.07, 6.45) is 0.629. The van der Waals surface area contributed by atoms with Gasteiger partial charge in [-0.25, -0.2) is 4.99 Å². The average Bonchev–Trinajstić information content (AvgIpc) is 3.29. The normalized spacial score (nSPS) is 22.6. The van der Waals surface area contributed by atoms with Crippen LogP contribution in [0.4, 0.5) is 0 Å². The number of thiol groups is 1. The van der Waals surface area contributed by atoms with Gasteiger partial charge in [0.05, 0.1) is 6.54 Å². The van der Waals surface area contributed by atoms with Gasteiger partial charge in [0, 0.05) is 26.2 Å². The number of halogens is 3. The first-order valence-electron chi connectivity index (χ1n) is 7.35. The van der Waals surface area contributed by atoms with Crippen LogP contribution in [0.25, 0.3) is 0 Å². The molecule has 0 spiro atoms. The van der Waals surface area contributed by atoms with Crippen molar-refractivity contribution in [2.45, 2.75) is 11.7 Å². The summed E-state index contributed by atoms with van der Waals surface area (Å²) in [5, 5.41) is 12.1. The van der Waals surface area contributed by atoms with Gasteiger partial charge in [0.25, 0.3) is 0 Å². The molecule has 0 aromatic heterocycles. The van der Waals surface area contributed by atoms with E-state index in [1.165, 1.54) is 0 Å². The Morgan fingerprint density at radius 3 is 2.68 bits per heavy atom. The quantitative estimate of drug-likeness (QED) is 0.276. The molecule has 0 saturated carbocycles. The second kappa shape index (κ2) is 7.56. The molecule has 1 heterocycles. The van der Waals surface area contributed by atoms with Crippen LogP contribution in [-0.4, -0.2) is 18.1 Å². The first-order chi connectivity index (χ1) is 12.0. The van der Waals surface area contributed by atoms with E-state index in [2.05, 4.69) is 22.9 Å². The molecule has 25 heavy (non-hydrogen) atoms. The highest BCUT2D eigenvalue weighted by Crippen LogP contribution is 2.59. The lowest BCUT2D eigenvalue weighted by molar-refractivity contribution is 0.296. The van der Waals surface area contributed by atoms with Crippen LogP contribution in [0.2, 0.25) is 15.1 Å². The largest absolute Gasteiger partial charge is 0.361 e. The van der Waals surface area contributed by atoms with Gasteiger partial charge in [-0.2, -0.15) is 0 Å². The van der Waals surface area contributed by atoms with Gasteiger partial charge in [-0.15, -0.1) is 12.6 Å². The maximum absolute atomic E-state index is 7.02. The van der Waals surface area contributed by atoms with E-state index in [9.17, 15) is 0 Å². The van der Waals surface area contributed by atoms with Crippen LogP contribution in [0.1, 0.15) is 17.2 Å². The second-order valence-corrected chi connectivity index (χ2v) is 7.14. The van der Waals surface area contributed by atoms with Crippen LogP contribution >= 0.6 is 47.4 Å². The van der Waals surface area contributed by atoms with Crippen molar-refractivity contribution in [3.05, 3.63) is 68.7 Å². The third kappa shape index (κ3) is 3.81. The van der Waals surface area contributed by atoms with Gasteiger partial charge >= 0.3 is 0 Å². The molecule has 2 aromatic rings. The van der Waals surface area contributed by atoms with E-state index < -0.39 is 5.60 Å². The van der Waals surface area contributed by atoms with Crippen molar-refractivity contribution in [2.75, 3.05) is 6.54 Å². The molecular weight excluding hydrogens is 401 g/mol. The summed E-state index contributed by atoms with van der Waals surface area (Å²) in [6.45, 7) is 0.372. The predicted molar refractivity (Wildman–Crippen MR) is 107 cm³/mol. The summed E-state index contributed by atoms with van der Waals surface area (Å²) >= 11 is 22.9. The third-order valence-corrected chi connectivity index (χ3v) is 5.13. The predicted octanol–water partition coefficient (Wildman–Crippen LogP) is 5.10. The summed E-state index contributed by atoms with van der Waals surface area (Å²) in [4.78, 5) is 3.78. The highest BCUT2D eigenvalue weighted by Gasteiger charge is 2.59. The number of aliphatic imine (C=N–C) groups is 1. The molecule has 2 N–H and O–H groups in total. The molecule has 3 rings (SSSR count). The lowest BCUT2D eigenvalue weighted by Crippen LogP contribution is -2.31. The molecule has 0 amide bonds. The number of hydrogen-bond donors (Lipinski definition) is 3. The van der Waals surface area contributed by atoms with Crippen molar-refractivity contribution in [3.8, 4) is 0 Å². The van der Waals surface area contributed by atoms with Gasteiger partial charge in [0.1, 0.15) is 18.0 Å². The van der Waals surface area contributed by atoms with E-state index in [0.29, 0.717) is 26.8 Å². The Kier molecular flexibility index (Phi) is 5.61. The van der Waals surface area contributed by atoms with Gasteiger partial charge in [-0.1, -0.05) is 59.1 Å². The maximum Gasteiger partial charge on any atom is 0.159 e. The number of benzene rings is 2. The Morgan fingerprint density at radius 1 is 1.24 bits per heavy atom. The number of hydrogen-bond acceptors (Lipinski definition) is 2. The van der Waals surface area contributed by atoms with Gasteiger partial charge in [-0.3, -0.25) is 5.41 Å². The highest BCUT2D eigenvalue weighted by atomic mass is 35.5. The minimum absolute atomic E-state index is 0.286. The molecule has 1 fully saturated rings. The molecule has 130 valence electrons. The standard InChI is InChI=1S/C17H14Cl3N3OS/c18-10-5-6-11(14(20)7-10)15-17(24-15,8-22-16(25)23-9-21)12-3-1-2-4-13(12)19/h1-7,9,15H,8H2,(H3,21,22,23,25)/t15-,17-/m1/s1. The van der Waals surface area contributed by atoms with Crippen molar-refractivity contribution in [1.29, 1.82) is 5.41 Å². The van der Waals surface area contributed by atoms with E-state index in [0.717, 1.165) is 17.5 Å². The number of epoxide rings is 1. The molecule has 0 radical (unpaired) electrons. The van der Waals surface area contributed by atoms with Crippen molar-refractivity contribution in [3.63, 3.8) is 0 Å². The van der Waals surface area contributed by atoms with Gasteiger partial charge < -0.3 is 10.1 Å². The van der Waals surface area contributed by atoms with Gasteiger partial charge in [0.15, 0.2) is 5.17 Å². The number of amidine groups is 1. The van der Waals surface area contributed by atoms with Gasteiger partial charge in [0.2, 0.25) is 0 Å². The Labute approximate surface area is 166 Å². The van der Waals surface area contributed by atoms with E-state index in [1.54, 1.807) is 12.1 Å². The monoisotopic (exact) mass is 413 g/mol. The molecule has 8 heteroatoms. The molecular formula is C17H14Cl3N3OS. The zero-order valence-electron chi connectivity index (χ0n) is 12.8. The summed E-state index contributed by atoms with van der Waals surface area (Å²) in [6, 6.07) is 12.8. The summed E-state index contributed by atoms with van der Waals surface area (Å²) < 4.78 is 6.09. The summed E-state index contributed by atoms with van der Waals surface area (Å²) in [7, 11) is 0. The number of nitrogens with zero attached hydrogens (tertiary/aromatic N) is 1. The van der Waals surface area contributed by atoms with Crippen LogP contribution in [0.15, 0.2) is 47.5 Å². The highest BCUT2D eigenvalue weighted by molar-refractivity contribution is 7.96. The van der Waals surface area contributed by atoms with Crippen LogP contribution in [0, 0.1) is 5.41 Å². The fraction of sp³-hybridized carbons (Fsp3) is 0.176. The molecule has 1 aliphatic rings. The van der Waals surface area contributed by atoms with Crippen LogP contribution < -0.4 is 5.32 Å². The molecule has 1 aliphatic heterocycles. The molecule has 0 bridgehead atoms. The minimum Gasteiger partial charge on any atom is -0.361 e. The first kappa shape index (κ1) is 18.5.